The Morgan fingerprint density at radius 1 is 1.27 bits per heavy atom. The topological polar surface area (TPSA) is 73.9 Å². The molecule has 1 saturated carbocycles. The summed E-state index contributed by atoms with van der Waals surface area (Å²) in [5.74, 6) is 0.396. The Kier molecular flexibility index (Phi) is 5.41. The molecule has 0 saturated heterocycles. The van der Waals surface area contributed by atoms with Gasteiger partial charge in [0.2, 0.25) is 0 Å². The van der Waals surface area contributed by atoms with Crippen molar-refractivity contribution in [1.82, 2.24) is 5.32 Å². The van der Waals surface area contributed by atoms with Gasteiger partial charge in [-0.1, -0.05) is 0 Å². The molecule has 0 aromatic heterocycles. The molecule has 0 heterocycles. The maximum Gasteiger partial charge on any atom is 0.331 e. The van der Waals surface area contributed by atoms with Crippen LogP contribution in [0.2, 0.25) is 0 Å². The highest BCUT2D eigenvalue weighted by Crippen LogP contribution is 2.25. The Hall–Kier alpha value is -2.50. The van der Waals surface area contributed by atoms with Gasteiger partial charge in [0, 0.05) is 17.7 Å². The maximum atomic E-state index is 11.6. The third-order valence-electron chi connectivity index (χ3n) is 3.12. The molecule has 6 heteroatoms. The number of benzene rings is 1. The summed E-state index contributed by atoms with van der Waals surface area (Å²) in [6, 6.07) is 5.49. The number of hydrogen-bond acceptors (Lipinski definition) is 5. The zero-order valence-corrected chi connectivity index (χ0v) is 12.6. The molecule has 1 amide bonds. The minimum absolute atomic E-state index is 0.253. The number of carbonyl (C=O) groups is 2. The summed E-state index contributed by atoms with van der Waals surface area (Å²) in [5, 5.41) is 2.74. The van der Waals surface area contributed by atoms with Crippen LogP contribution in [0.5, 0.6) is 11.5 Å². The summed E-state index contributed by atoms with van der Waals surface area (Å²) in [4.78, 5) is 23.0. The molecule has 0 spiro atoms. The summed E-state index contributed by atoms with van der Waals surface area (Å²) in [6.07, 6.45) is 4.80. The number of amides is 1. The van der Waals surface area contributed by atoms with Crippen molar-refractivity contribution in [3.05, 3.63) is 29.8 Å². The molecule has 0 aliphatic heterocycles. The molecular formula is C16H19NO5. The van der Waals surface area contributed by atoms with Gasteiger partial charge in [-0.15, -0.1) is 0 Å². The predicted octanol–water partition coefficient (Wildman–Crippen LogP) is 1.54. The SMILES string of the molecule is COc1ccc(OC)c(C=CC(=O)OCC(=O)NC2CC2)c1. The fourth-order valence-corrected chi connectivity index (χ4v) is 1.81. The third-order valence-corrected chi connectivity index (χ3v) is 3.12. The lowest BCUT2D eigenvalue weighted by molar-refractivity contribution is -0.143. The molecule has 0 radical (unpaired) electrons. The minimum Gasteiger partial charge on any atom is -0.497 e. The van der Waals surface area contributed by atoms with Gasteiger partial charge >= 0.3 is 5.97 Å². The molecule has 2 rings (SSSR count). The molecule has 6 nitrogen and oxygen atoms in total. The third kappa shape index (κ3) is 4.80. The van der Waals surface area contributed by atoms with Crippen molar-refractivity contribution in [2.75, 3.05) is 20.8 Å². The minimum atomic E-state index is -0.587. The van der Waals surface area contributed by atoms with Crippen LogP contribution in [0.4, 0.5) is 0 Å². The fourth-order valence-electron chi connectivity index (χ4n) is 1.81. The molecule has 1 aromatic rings. The molecule has 22 heavy (non-hydrogen) atoms. The van der Waals surface area contributed by atoms with Crippen molar-refractivity contribution in [3.63, 3.8) is 0 Å². The molecule has 1 N–H and O–H groups in total. The molecule has 0 atom stereocenters. The van der Waals surface area contributed by atoms with Gasteiger partial charge in [-0.3, -0.25) is 4.79 Å². The summed E-state index contributed by atoms with van der Waals surface area (Å²) in [6.45, 7) is -0.269. The van der Waals surface area contributed by atoms with Crippen LogP contribution < -0.4 is 14.8 Å². The van der Waals surface area contributed by atoms with E-state index in [2.05, 4.69) is 5.32 Å². The summed E-state index contributed by atoms with van der Waals surface area (Å²) in [5.41, 5.74) is 0.682. The number of esters is 1. The first-order chi connectivity index (χ1) is 10.6. The van der Waals surface area contributed by atoms with Crippen LogP contribution in [-0.2, 0) is 14.3 Å². The molecule has 1 aliphatic rings. The molecular weight excluding hydrogens is 286 g/mol. The van der Waals surface area contributed by atoms with Gasteiger partial charge in [-0.05, 0) is 37.1 Å². The standard InChI is InChI=1S/C16H19NO5/c1-20-13-6-7-14(21-2)11(9-13)3-8-16(19)22-10-15(18)17-12-4-5-12/h3,6-9,12H,4-5,10H2,1-2H3,(H,17,18). The first kappa shape index (κ1) is 15.9. The lowest BCUT2D eigenvalue weighted by Crippen LogP contribution is -2.30. The van der Waals surface area contributed by atoms with E-state index in [1.807, 2.05) is 0 Å². The molecule has 0 bridgehead atoms. The van der Waals surface area contributed by atoms with Crippen LogP contribution in [0.1, 0.15) is 18.4 Å². The summed E-state index contributed by atoms with van der Waals surface area (Å²) < 4.78 is 15.2. The monoisotopic (exact) mass is 305 g/mol. The van der Waals surface area contributed by atoms with Crippen LogP contribution in [0.3, 0.4) is 0 Å². The number of ether oxygens (including phenoxy) is 3. The van der Waals surface area contributed by atoms with E-state index in [0.29, 0.717) is 17.1 Å². The van der Waals surface area contributed by atoms with Crippen molar-refractivity contribution < 1.29 is 23.8 Å². The van der Waals surface area contributed by atoms with E-state index in [1.54, 1.807) is 38.5 Å². The van der Waals surface area contributed by atoms with E-state index in [1.165, 1.54) is 6.08 Å². The normalized spacial score (nSPS) is 13.7. The summed E-state index contributed by atoms with van der Waals surface area (Å²) >= 11 is 0. The van der Waals surface area contributed by atoms with Crippen LogP contribution >= 0.6 is 0 Å². The average Bonchev–Trinajstić information content (AvgIpc) is 3.34. The lowest BCUT2D eigenvalue weighted by atomic mass is 10.1. The summed E-state index contributed by atoms with van der Waals surface area (Å²) in [7, 11) is 3.10. The maximum absolute atomic E-state index is 11.6. The first-order valence-corrected chi connectivity index (χ1v) is 6.98. The van der Waals surface area contributed by atoms with Gasteiger partial charge in [-0.25, -0.2) is 4.79 Å². The van der Waals surface area contributed by atoms with Crippen molar-refractivity contribution in [2.45, 2.75) is 18.9 Å². The predicted molar refractivity (Wildman–Crippen MR) is 80.7 cm³/mol. The molecule has 1 aliphatic carbocycles. The highest BCUT2D eigenvalue weighted by Gasteiger charge is 2.23. The van der Waals surface area contributed by atoms with Crippen LogP contribution in [0.25, 0.3) is 6.08 Å². The Morgan fingerprint density at radius 2 is 2.05 bits per heavy atom. The Morgan fingerprint density at radius 3 is 2.68 bits per heavy atom. The van der Waals surface area contributed by atoms with Gasteiger partial charge < -0.3 is 19.5 Å². The van der Waals surface area contributed by atoms with E-state index in [4.69, 9.17) is 14.2 Å². The van der Waals surface area contributed by atoms with Crippen molar-refractivity contribution in [2.24, 2.45) is 0 Å². The first-order valence-electron chi connectivity index (χ1n) is 6.98. The zero-order chi connectivity index (χ0) is 15.9. The number of methoxy groups -OCH3 is 2. The zero-order valence-electron chi connectivity index (χ0n) is 12.6. The van der Waals surface area contributed by atoms with E-state index in [0.717, 1.165) is 12.8 Å². The molecule has 1 aromatic carbocycles. The number of hydrogen-bond donors (Lipinski definition) is 1. The van der Waals surface area contributed by atoms with Gasteiger partial charge in [-0.2, -0.15) is 0 Å². The van der Waals surface area contributed by atoms with Gasteiger partial charge in [0.05, 0.1) is 14.2 Å². The Labute approximate surface area is 129 Å². The Bertz CT molecular complexity index is 578. The highest BCUT2D eigenvalue weighted by atomic mass is 16.5. The number of rotatable bonds is 7. The highest BCUT2D eigenvalue weighted by molar-refractivity contribution is 5.89. The lowest BCUT2D eigenvalue weighted by Gasteiger charge is -2.07. The second-order valence-corrected chi connectivity index (χ2v) is 4.89. The van der Waals surface area contributed by atoms with Crippen LogP contribution in [0.15, 0.2) is 24.3 Å². The van der Waals surface area contributed by atoms with Gasteiger partial charge in [0.25, 0.3) is 5.91 Å². The van der Waals surface area contributed by atoms with E-state index in [9.17, 15) is 9.59 Å². The van der Waals surface area contributed by atoms with Crippen molar-refractivity contribution in [3.8, 4) is 11.5 Å². The van der Waals surface area contributed by atoms with Gasteiger partial charge in [0.15, 0.2) is 6.61 Å². The second-order valence-electron chi connectivity index (χ2n) is 4.89. The average molecular weight is 305 g/mol. The van der Waals surface area contributed by atoms with Gasteiger partial charge in [0.1, 0.15) is 11.5 Å². The van der Waals surface area contributed by atoms with E-state index >= 15 is 0 Å². The largest absolute Gasteiger partial charge is 0.497 e. The van der Waals surface area contributed by atoms with E-state index < -0.39 is 5.97 Å². The smallest absolute Gasteiger partial charge is 0.331 e. The number of carbonyl (C=O) groups excluding carboxylic acids is 2. The van der Waals surface area contributed by atoms with Crippen molar-refractivity contribution in [1.29, 1.82) is 0 Å². The van der Waals surface area contributed by atoms with E-state index in [-0.39, 0.29) is 18.6 Å². The Balaban J connectivity index is 1.89. The van der Waals surface area contributed by atoms with Crippen LogP contribution in [0, 0.1) is 0 Å². The number of nitrogens with one attached hydrogen (secondary N) is 1. The van der Waals surface area contributed by atoms with Crippen molar-refractivity contribution >= 4 is 18.0 Å². The van der Waals surface area contributed by atoms with Crippen LogP contribution in [-0.4, -0.2) is 38.7 Å². The molecule has 0 unspecified atom stereocenters. The fraction of sp³-hybridized carbons (Fsp3) is 0.375. The quantitative estimate of drug-likeness (QED) is 0.611. The molecule has 1 fully saturated rings. The molecule has 118 valence electrons. The second kappa shape index (κ2) is 7.49.